The molecule has 1 heterocycles. The fraction of sp³-hybridized carbons (Fsp3) is 0.0400. The number of nitrogens with one attached hydrogen (secondary N) is 1. The van der Waals surface area contributed by atoms with Crippen molar-refractivity contribution in [1.82, 2.24) is 15.4 Å². The summed E-state index contributed by atoms with van der Waals surface area (Å²) in [5, 5.41) is 14.5. The number of H-pyrrole nitrogens is 1. The molecule has 0 radical (unpaired) electrons. The molecule has 196 valence electrons. The number of alkyl halides is 3. The Labute approximate surface area is 229 Å². The molecule has 12 heteroatoms. The number of halogens is 3. The number of benzene rings is 4. The van der Waals surface area contributed by atoms with E-state index in [-0.39, 0.29) is 22.4 Å². The Kier molecular flexibility index (Phi) is 11.6. The fourth-order valence-corrected chi connectivity index (χ4v) is 5.27. The van der Waals surface area contributed by atoms with Gasteiger partial charge in [0.15, 0.2) is 10.1 Å². The minimum absolute atomic E-state index is 0. The number of aromatic amines is 1. The Morgan fingerprint density at radius 2 is 0.892 bits per heavy atom. The second kappa shape index (κ2) is 14.2. The molecule has 0 amide bonds. The fourth-order valence-electron chi connectivity index (χ4n) is 2.96. The number of rotatable bonds is 3. The zero-order valence-electron chi connectivity index (χ0n) is 18.9. The predicted octanol–water partition coefficient (Wildman–Crippen LogP) is 4.45. The van der Waals surface area contributed by atoms with Crippen LogP contribution >= 0.6 is 7.92 Å². The van der Waals surface area contributed by atoms with Crippen LogP contribution in [0.4, 0.5) is 13.2 Å². The molecular formula is C25H20AuF3N3O3PS. The van der Waals surface area contributed by atoms with Crippen molar-refractivity contribution in [3.05, 3.63) is 115 Å². The molecule has 0 aliphatic heterocycles. The van der Waals surface area contributed by atoms with Crippen LogP contribution in [0.2, 0.25) is 0 Å². The van der Waals surface area contributed by atoms with Crippen molar-refractivity contribution in [1.29, 1.82) is 0 Å². The predicted molar refractivity (Wildman–Crippen MR) is 135 cm³/mol. The second-order valence-electron chi connectivity index (χ2n) is 7.05. The van der Waals surface area contributed by atoms with E-state index in [1.807, 2.05) is 24.3 Å². The maximum atomic E-state index is 10.7. The maximum absolute atomic E-state index is 10.7. The van der Waals surface area contributed by atoms with E-state index in [1.165, 1.54) is 15.9 Å². The van der Waals surface area contributed by atoms with Crippen molar-refractivity contribution in [2.45, 2.75) is 5.51 Å². The Bertz CT molecular complexity index is 1330. The zero-order chi connectivity index (χ0) is 26.0. The van der Waals surface area contributed by atoms with Gasteiger partial charge in [0, 0.05) is 0 Å². The molecule has 0 fully saturated rings. The van der Waals surface area contributed by atoms with E-state index in [1.54, 1.807) is 0 Å². The Morgan fingerprint density at radius 3 is 1.16 bits per heavy atom. The first-order valence-corrected chi connectivity index (χ1v) is 13.1. The molecule has 0 spiro atoms. The van der Waals surface area contributed by atoms with E-state index in [0.717, 1.165) is 11.0 Å². The largest absolute Gasteiger partial charge is 1.00 e. The number of aromatic nitrogens is 3. The summed E-state index contributed by atoms with van der Waals surface area (Å²) in [5.74, 6) is 0. The third kappa shape index (κ3) is 9.19. The summed E-state index contributed by atoms with van der Waals surface area (Å²) in [6.07, 6.45) is 0. The van der Waals surface area contributed by atoms with Gasteiger partial charge in [-0.2, -0.15) is 28.6 Å². The number of fused-ring (bicyclic) bond motifs is 1. The molecule has 5 aromatic rings. The van der Waals surface area contributed by atoms with Gasteiger partial charge in [-0.3, -0.25) is 0 Å². The van der Waals surface area contributed by atoms with Crippen molar-refractivity contribution in [2.24, 2.45) is 0 Å². The van der Waals surface area contributed by atoms with Crippen molar-refractivity contribution in [2.75, 3.05) is 0 Å². The summed E-state index contributed by atoms with van der Waals surface area (Å²) in [6.45, 7) is 0. The van der Waals surface area contributed by atoms with Gasteiger partial charge < -0.3 is 4.55 Å². The molecule has 0 unspecified atom stereocenters. The van der Waals surface area contributed by atoms with Gasteiger partial charge >= 0.3 is 27.9 Å². The molecule has 0 bridgehead atoms. The molecule has 37 heavy (non-hydrogen) atoms. The van der Waals surface area contributed by atoms with Gasteiger partial charge in [0.2, 0.25) is 0 Å². The van der Waals surface area contributed by atoms with Gasteiger partial charge in [-0.1, -0.05) is 103 Å². The van der Waals surface area contributed by atoms with E-state index in [2.05, 4.69) is 106 Å². The average molecular weight is 727 g/mol. The van der Waals surface area contributed by atoms with Crippen LogP contribution < -0.4 is 15.9 Å². The summed E-state index contributed by atoms with van der Waals surface area (Å²) < 4.78 is 58.9. The maximum Gasteiger partial charge on any atom is 1.00 e. The van der Waals surface area contributed by atoms with E-state index in [4.69, 9.17) is 13.0 Å². The topological polar surface area (TPSA) is 98.8 Å². The van der Waals surface area contributed by atoms with Crippen molar-refractivity contribution in [3.8, 4) is 0 Å². The molecule has 0 aliphatic rings. The van der Waals surface area contributed by atoms with Crippen molar-refractivity contribution >= 4 is 45.0 Å². The quantitative estimate of drug-likeness (QED) is 0.128. The monoisotopic (exact) mass is 727 g/mol. The van der Waals surface area contributed by atoms with Crippen LogP contribution in [0.15, 0.2) is 115 Å². The number of para-hydroxylation sites is 2. The first-order valence-electron chi connectivity index (χ1n) is 10.4. The summed E-state index contributed by atoms with van der Waals surface area (Å²) >= 11 is 0. The van der Waals surface area contributed by atoms with Crippen molar-refractivity contribution in [3.63, 3.8) is 0 Å². The van der Waals surface area contributed by atoms with Crippen LogP contribution in [0, 0.1) is 0 Å². The van der Waals surface area contributed by atoms with E-state index in [9.17, 15) is 13.2 Å². The van der Waals surface area contributed by atoms with Crippen LogP contribution in [0.1, 0.15) is 0 Å². The van der Waals surface area contributed by atoms with Gasteiger partial charge in [-0.15, -0.1) is 0 Å². The first kappa shape index (κ1) is 30.4. The Morgan fingerprint density at radius 1 is 0.622 bits per heavy atom. The summed E-state index contributed by atoms with van der Waals surface area (Å²) in [7, 11) is -6.54. The second-order valence-corrected chi connectivity index (χ2v) is 10.6. The summed E-state index contributed by atoms with van der Waals surface area (Å²) in [4.78, 5) is 0. The van der Waals surface area contributed by atoms with Crippen LogP contribution in [-0.2, 0) is 32.5 Å². The third-order valence-corrected chi connectivity index (χ3v) is 7.56. The number of hydrogen-bond acceptors (Lipinski definition) is 5. The van der Waals surface area contributed by atoms with E-state index >= 15 is 0 Å². The molecule has 0 aliphatic carbocycles. The molecule has 1 N–H and O–H groups in total. The molecule has 6 nitrogen and oxygen atoms in total. The van der Waals surface area contributed by atoms with Gasteiger partial charge in [-0.25, -0.2) is 8.42 Å². The number of nitrogens with zero attached hydrogens (tertiary/aromatic N) is 2. The van der Waals surface area contributed by atoms with Crippen LogP contribution in [0.3, 0.4) is 0 Å². The third-order valence-electron chi connectivity index (χ3n) is 4.55. The first-order chi connectivity index (χ1) is 17.2. The smallest absolute Gasteiger partial charge is 0.741 e. The van der Waals surface area contributed by atoms with Gasteiger partial charge in [-0.05, 0) is 36.0 Å². The molecule has 1 aromatic heterocycles. The van der Waals surface area contributed by atoms with Crippen LogP contribution in [-0.4, -0.2) is 33.9 Å². The standard InChI is InChI=1S/C18H15P.C6H5N3.CHF3O3S.Au/c1-4-10-16(11-5-1)19(17-12-6-2-7-13-17)18-14-8-3-9-15-18;1-2-4-6-5(3-1)7-9-8-6;2-1(3,4)8(5,6)7;/h1-15H;1-4H,(H,7,8,9);(H,5,6,7);/q;;;+1/p-1. The summed E-state index contributed by atoms with van der Waals surface area (Å²) in [5.41, 5.74) is -3.82. The zero-order valence-corrected chi connectivity index (χ0v) is 22.8. The van der Waals surface area contributed by atoms with Crippen LogP contribution in [0.5, 0.6) is 0 Å². The molecule has 5 rings (SSSR count). The average Bonchev–Trinajstić information content (AvgIpc) is 3.35. The Hall–Kier alpha value is -2.85. The normalized spacial score (nSPS) is 10.9. The van der Waals surface area contributed by atoms with Crippen LogP contribution in [0.25, 0.3) is 11.0 Å². The number of hydrogen-bond donors (Lipinski definition) is 1. The molecule has 4 aromatic carbocycles. The molecule has 0 saturated carbocycles. The minimum Gasteiger partial charge on any atom is -0.741 e. The summed E-state index contributed by atoms with van der Waals surface area (Å²) in [6, 6.07) is 40.0. The minimum atomic E-state index is -6.09. The van der Waals surface area contributed by atoms with Gasteiger partial charge in [0.05, 0.1) is 0 Å². The molecular weight excluding hydrogens is 707 g/mol. The van der Waals surface area contributed by atoms with E-state index < -0.39 is 23.5 Å². The van der Waals surface area contributed by atoms with Crippen molar-refractivity contribution < 1.29 is 48.5 Å². The van der Waals surface area contributed by atoms with Gasteiger partial charge in [0.25, 0.3) is 0 Å². The SMILES string of the molecule is O=S(=O)([O-])C(F)(F)F.[Au+].c1ccc(P(c2ccccc2)c2ccccc2)cc1.c1ccc2n[nH]nc2c1. The van der Waals surface area contributed by atoms with Gasteiger partial charge in [0.1, 0.15) is 11.0 Å². The molecule has 0 saturated heterocycles. The Balaban J connectivity index is 0.000000224. The molecule has 0 atom stereocenters. The van der Waals surface area contributed by atoms with E-state index in [0.29, 0.717) is 0 Å².